The van der Waals surface area contributed by atoms with E-state index in [0.717, 1.165) is 0 Å². The van der Waals surface area contributed by atoms with Crippen molar-refractivity contribution in [2.75, 3.05) is 0 Å². The molecule has 0 unspecified atom stereocenters. The summed E-state index contributed by atoms with van der Waals surface area (Å²) in [5.74, 6) is 0.752. The molecule has 90 valence electrons. The Morgan fingerprint density at radius 2 is 2.06 bits per heavy atom. The van der Waals surface area contributed by atoms with Crippen molar-refractivity contribution in [1.29, 1.82) is 0 Å². The second-order valence-corrected chi connectivity index (χ2v) is 4.13. The van der Waals surface area contributed by atoms with Crippen LogP contribution in [0, 0.1) is 0 Å². The van der Waals surface area contributed by atoms with Gasteiger partial charge in [0.2, 0.25) is 5.88 Å². The maximum Gasteiger partial charge on any atom is 0.239 e. The Morgan fingerprint density at radius 1 is 1.35 bits per heavy atom. The molecular formula is C12H10Cl3NO. The summed E-state index contributed by atoms with van der Waals surface area (Å²) in [5.41, 5.74) is 0. The van der Waals surface area contributed by atoms with E-state index < -0.39 is 0 Å². The van der Waals surface area contributed by atoms with Gasteiger partial charge in [-0.2, -0.15) is 4.98 Å². The highest BCUT2D eigenvalue weighted by molar-refractivity contribution is 6.42. The SMILES string of the molecule is C=C/C=C(\C=C/C)Oc1nc(Cl)c(Cl)cc1Cl. The monoisotopic (exact) mass is 289 g/mol. The lowest BCUT2D eigenvalue weighted by Crippen LogP contribution is -1.96. The predicted octanol–water partition coefficient (Wildman–Crippen LogP) is 5.07. The Kier molecular flexibility index (Phi) is 5.56. The lowest BCUT2D eigenvalue weighted by molar-refractivity contribution is 0.427. The van der Waals surface area contributed by atoms with Crippen molar-refractivity contribution in [2.45, 2.75) is 6.92 Å². The fraction of sp³-hybridized carbons (Fsp3) is 0.0833. The molecule has 0 N–H and O–H groups in total. The number of rotatable bonds is 4. The Morgan fingerprint density at radius 3 is 2.65 bits per heavy atom. The van der Waals surface area contributed by atoms with Crippen molar-refractivity contribution in [3.05, 3.63) is 57.9 Å². The molecule has 0 spiro atoms. The highest BCUT2D eigenvalue weighted by Gasteiger charge is 2.09. The summed E-state index contributed by atoms with van der Waals surface area (Å²) < 4.78 is 5.48. The van der Waals surface area contributed by atoms with E-state index in [2.05, 4.69) is 11.6 Å². The fourth-order valence-electron chi connectivity index (χ4n) is 1.02. The summed E-state index contributed by atoms with van der Waals surface area (Å²) in [6, 6.07) is 1.48. The first kappa shape index (κ1) is 14.1. The van der Waals surface area contributed by atoms with Gasteiger partial charge in [0.25, 0.3) is 0 Å². The number of ether oxygens (including phenoxy) is 1. The molecule has 0 aliphatic carbocycles. The van der Waals surface area contributed by atoms with E-state index in [1.165, 1.54) is 6.07 Å². The second-order valence-electron chi connectivity index (χ2n) is 2.95. The van der Waals surface area contributed by atoms with Gasteiger partial charge in [0.15, 0.2) is 5.15 Å². The first-order valence-electron chi connectivity index (χ1n) is 4.73. The third kappa shape index (κ3) is 4.08. The zero-order chi connectivity index (χ0) is 12.8. The first-order valence-corrected chi connectivity index (χ1v) is 5.86. The minimum Gasteiger partial charge on any atom is -0.438 e. The number of aromatic nitrogens is 1. The van der Waals surface area contributed by atoms with Crippen LogP contribution in [0.5, 0.6) is 5.88 Å². The van der Waals surface area contributed by atoms with Gasteiger partial charge in [-0.3, -0.25) is 0 Å². The van der Waals surface area contributed by atoms with Crippen LogP contribution in [0.1, 0.15) is 6.92 Å². The molecule has 0 aliphatic heterocycles. The Balaban J connectivity index is 3.05. The number of nitrogens with zero attached hydrogens (tertiary/aromatic N) is 1. The first-order chi connectivity index (χ1) is 8.08. The van der Waals surface area contributed by atoms with Crippen LogP contribution in [-0.4, -0.2) is 4.98 Å². The smallest absolute Gasteiger partial charge is 0.239 e. The van der Waals surface area contributed by atoms with E-state index in [4.69, 9.17) is 39.5 Å². The third-order valence-corrected chi connectivity index (χ3v) is 2.63. The molecule has 0 aliphatic rings. The molecule has 0 saturated carbocycles. The summed E-state index contributed by atoms with van der Waals surface area (Å²) in [4.78, 5) is 3.95. The normalized spacial score (nSPS) is 11.9. The Hall–Kier alpha value is -0.960. The molecule has 17 heavy (non-hydrogen) atoms. The van der Waals surface area contributed by atoms with Gasteiger partial charge in [-0.05, 0) is 25.1 Å². The van der Waals surface area contributed by atoms with Crippen molar-refractivity contribution in [1.82, 2.24) is 4.98 Å². The van der Waals surface area contributed by atoms with E-state index in [1.54, 1.807) is 18.2 Å². The van der Waals surface area contributed by atoms with Crippen molar-refractivity contribution in [3.63, 3.8) is 0 Å². The Labute approximate surface area is 115 Å². The molecule has 1 aromatic rings. The molecule has 0 fully saturated rings. The standard InChI is InChI=1S/C12H10Cl3NO/c1-3-5-8(6-4-2)17-12-10(14)7-9(13)11(15)16-12/h3-7H,1H2,2H3/b6-4-,8-5+. The third-order valence-electron chi connectivity index (χ3n) is 1.68. The number of pyridine rings is 1. The van der Waals surface area contributed by atoms with Gasteiger partial charge in [-0.1, -0.05) is 53.5 Å². The van der Waals surface area contributed by atoms with Crippen molar-refractivity contribution >= 4 is 34.8 Å². The summed E-state index contributed by atoms with van der Waals surface area (Å²) in [6.45, 7) is 5.45. The minimum absolute atomic E-state index is 0.143. The van der Waals surface area contributed by atoms with Crippen LogP contribution in [0.25, 0.3) is 0 Å². The lowest BCUT2D eigenvalue weighted by atomic mass is 10.4. The maximum atomic E-state index is 5.94. The van der Waals surface area contributed by atoms with Crippen LogP contribution < -0.4 is 4.74 Å². The highest BCUT2D eigenvalue weighted by atomic mass is 35.5. The van der Waals surface area contributed by atoms with Gasteiger partial charge in [-0.25, -0.2) is 0 Å². The van der Waals surface area contributed by atoms with Crippen LogP contribution in [-0.2, 0) is 0 Å². The molecule has 0 radical (unpaired) electrons. The van der Waals surface area contributed by atoms with E-state index in [0.29, 0.717) is 10.8 Å². The molecule has 0 atom stereocenters. The van der Waals surface area contributed by atoms with E-state index in [9.17, 15) is 0 Å². The molecule has 2 nitrogen and oxygen atoms in total. The van der Waals surface area contributed by atoms with Crippen LogP contribution >= 0.6 is 34.8 Å². The maximum absolute atomic E-state index is 5.94. The average Bonchev–Trinajstić information content (AvgIpc) is 2.26. The molecule has 0 saturated heterocycles. The number of hydrogen-bond acceptors (Lipinski definition) is 2. The topological polar surface area (TPSA) is 22.1 Å². The summed E-state index contributed by atoms with van der Waals surface area (Å²) in [7, 11) is 0. The van der Waals surface area contributed by atoms with Crippen molar-refractivity contribution < 1.29 is 4.74 Å². The minimum atomic E-state index is 0.143. The van der Waals surface area contributed by atoms with Crippen LogP contribution in [0.2, 0.25) is 15.2 Å². The molecule has 0 amide bonds. The van der Waals surface area contributed by atoms with E-state index >= 15 is 0 Å². The Bertz CT molecular complexity index is 481. The summed E-state index contributed by atoms with van der Waals surface area (Å²) in [6.07, 6.45) is 6.85. The van der Waals surface area contributed by atoms with Gasteiger partial charge in [0, 0.05) is 0 Å². The largest absolute Gasteiger partial charge is 0.438 e. The van der Waals surface area contributed by atoms with Gasteiger partial charge in [0.05, 0.1) is 5.02 Å². The quantitative estimate of drug-likeness (QED) is 0.439. The fourth-order valence-corrected chi connectivity index (χ4v) is 1.54. The second kappa shape index (κ2) is 6.70. The molecule has 5 heteroatoms. The van der Waals surface area contributed by atoms with E-state index in [1.807, 2.05) is 13.0 Å². The van der Waals surface area contributed by atoms with E-state index in [-0.39, 0.29) is 16.1 Å². The number of allylic oxidation sites excluding steroid dienone is 4. The molecule has 1 aromatic heterocycles. The summed E-state index contributed by atoms with van der Waals surface area (Å²) >= 11 is 17.5. The molecule has 1 rings (SSSR count). The lowest BCUT2D eigenvalue weighted by Gasteiger charge is -2.07. The predicted molar refractivity (Wildman–Crippen MR) is 73.0 cm³/mol. The molecular weight excluding hydrogens is 280 g/mol. The van der Waals surface area contributed by atoms with Crippen LogP contribution in [0.15, 0.2) is 42.7 Å². The highest BCUT2D eigenvalue weighted by Crippen LogP contribution is 2.31. The molecule has 1 heterocycles. The van der Waals surface area contributed by atoms with Crippen LogP contribution in [0.4, 0.5) is 0 Å². The zero-order valence-corrected chi connectivity index (χ0v) is 11.4. The van der Waals surface area contributed by atoms with Gasteiger partial charge < -0.3 is 4.74 Å². The van der Waals surface area contributed by atoms with Gasteiger partial charge in [-0.15, -0.1) is 0 Å². The number of halogens is 3. The van der Waals surface area contributed by atoms with Crippen molar-refractivity contribution in [3.8, 4) is 5.88 Å². The average molecular weight is 291 g/mol. The van der Waals surface area contributed by atoms with Gasteiger partial charge in [0.1, 0.15) is 10.8 Å². The van der Waals surface area contributed by atoms with Crippen LogP contribution in [0.3, 0.4) is 0 Å². The zero-order valence-electron chi connectivity index (χ0n) is 9.08. The number of hydrogen-bond donors (Lipinski definition) is 0. The van der Waals surface area contributed by atoms with Crippen molar-refractivity contribution in [2.24, 2.45) is 0 Å². The summed E-state index contributed by atoms with van der Waals surface area (Å²) in [5, 5.41) is 0.715. The van der Waals surface area contributed by atoms with Gasteiger partial charge >= 0.3 is 0 Å². The molecule has 0 bridgehead atoms. The molecule has 0 aromatic carbocycles.